The molecule has 0 bridgehead atoms. The quantitative estimate of drug-likeness (QED) is 0.0261. The van der Waals surface area contributed by atoms with Crippen LogP contribution in [0.1, 0.15) is 297 Å². The predicted molar refractivity (Wildman–Crippen MR) is 302 cm³/mol. The molecule has 0 N–H and O–H groups in total. The first-order valence-corrected chi connectivity index (χ1v) is 29.9. The highest BCUT2D eigenvalue weighted by Gasteiger charge is 2.19. The fraction of sp³-hybridized carbons (Fsp3) is 0.766. The summed E-state index contributed by atoms with van der Waals surface area (Å²) in [4.78, 5) is 38.1. The lowest BCUT2D eigenvalue weighted by atomic mass is 10.0. The van der Waals surface area contributed by atoms with Crippen LogP contribution < -0.4 is 0 Å². The van der Waals surface area contributed by atoms with Gasteiger partial charge in [0, 0.05) is 19.3 Å². The highest BCUT2D eigenvalue weighted by Crippen LogP contribution is 2.16. The zero-order valence-electron chi connectivity index (χ0n) is 46.3. The third-order valence-corrected chi connectivity index (χ3v) is 12.9. The van der Waals surface area contributed by atoms with Gasteiger partial charge in [0.25, 0.3) is 0 Å². The highest BCUT2D eigenvalue weighted by atomic mass is 16.6. The van der Waals surface area contributed by atoms with E-state index >= 15 is 0 Å². The number of carbonyl (C=O) groups excluding carboxylic acids is 3. The van der Waals surface area contributed by atoms with Crippen molar-refractivity contribution in [2.24, 2.45) is 0 Å². The number of unbranched alkanes of at least 4 members (excludes halogenated alkanes) is 31. The van der Waals surface area contributed by atoms with E-state index in [4.69, 9.17) is 14.2 Å². The van der Waals surface area contributed by atoms with E-state index in [1.165, 1.54) is 148 Å². The largest absolute Gasteiger partial charge is 0.462 e. The number of carbonyl (C=O) groups is 3. The van der Waals surface area contributed by atoms with Gasteiger partial charge in [0.05, 0.1) is 0 Å². The Balaban J connectivity index is 4.24. The van der Waals surface area contributed by atoms with Gasteiger partial charge >= 0.3 is 17.9 Å². The lowest BCUT2D eigenvalue weighted by Gasteiger charge is -2.18. The molecule has 0 rings (SSSR count). The lowest BCUT2D eigenvalue weighted by Crippen LogP contribution is -2.30. The van der Waals surface area contributed by atoms with Crippen molar-refractivity contribution in [1.29, 1.82) is 0 Å². The first-order chi connectivity index (χ1) is 34.5. The molecule has 0 aromatic rings. The molecule has 0 aliphatic heterocycles. The molecule has 1 unspecified atom stereocenters. The summed E-state index contributed by atoms with van der Waals surface area (Å²) in [5.74, 6) is -0.897. The number of esters is 3. The second kappa shape index (κ2) is 58.4. The summed E-state index contributed by atoms with van der Waals surface area (Å²) < 4.78 is 16.8. The first-order valence-electron chi connectivity index (χ1n) is 29.9. The summed E-state index contributed by atoms with van der Waals surface area (Å²) in [6.07, 6.45) is 74.9. The summed E-state index contributed by atoms with van der Waals surface area (Å²) in [7, 11) is 0. The van der Waals surface area contributed by atoms with Crippen LogP contribution in [0.5, 0.6) is 0 Å². The van der Waals surface area contributed by atoms with Crippen LogP contribution in [0.4, 0.5) is 0 Å². The highest BCUT2D eigenvalue weighted by molar-refractivity contribution is 5.71. The molecule has 0 spiro atoms. The van der Waals surface area contributed by atoms with Gasteiger partial charge in [-0.25, -0.2) is 0 Å². The molecule has 0 amide bonds. The molecule has 70 heavy (non-hydrogen) atoms. The normalized spacial score (nSPS) is 12.6. The molecular formula is C64H112O6. The molecule has 0 aromatic carbocycles. The smallest absolute Gasteiger partial charge is 0.306 e. The molecule has 0 radical (unpaired) electrons. The number of hydrogen-bond donors (Lipinski definition) is 0. The Bertz CT molecular complexity index is 1310. The lowest BCUT2D eigenvalue weighted by molar-refractivity contribution is -0.167. The van der Waals surface area contributed by atoms with E-state index in [1.54, 1.807) is 0 Å². The maximum Gasteiger partial charge on any atom is 0.306 e. The van der Waals surface area contributed by atoms with Crippen LogP contribution in [0.15, 0.2) is 72.9 Å². The Labute approximate surface area is 433 Å². The minimum Gasteiger partial charge on any atom is -0.462 e. The van der Waals surface area contributed by atoms with Crippen molar-refractivity contribution < 1.29 is 28.6 Å². The maximum atomic E-state index is 12.8. The van der Waals surface area contributed by atoms with E-state index in [2.05, 4.69) is 93.7 Å². The third-order valence-electron chi connectivity index (χ3n) is 12.9. The SMILES string of the molecule is CC/C=C\C/C=C\C/C=C\C/C=C\C/C=C\CCCCCCCC(=O)OC(COC(=O)CCCCCCCCCC)COC(=O)CCCCCCCCCCCCC/C=C\CCCCCCCCCC. The minimum atomic E-state index is -0.784. The summed E-state index contributed by atoms with van der Waals surface area (Å²) in [5, 5.41) is 0. The second-order valence-corrected chi connectivity index (χ2v) is 19.9. The van der Waals surface area contributed by atoms with E-state index in [0.717, 1.165) is 109 Å². The van der Waals surface area contributed by atoms with Crippen molar-refractivity contribution >= 4 is 17.9 Å². The van der Waals surface area contributed by atoms with Gasteiger partial charge in [-0.1, -0.05) is 261 Å². The monoisotopic (exact) mass is 977 g/mol. The van der Waals surface area contributed by atoms with E-state index in [9.17, 15) is 14.4 Å². The Hall–Kier alpha value is -3.15. The van der Waals surface area contributed by atoms with Gasteiger partial charge in [0.15, 0.2) is 6.10 Å². The van der Waals surface area contributed by atoms with Crippen molar-refractivity contribution in [1.82, 2.24) is 0 Å². The first kappa shape index (κ1) is 66.9. The van der Waals surface area contributed by atoms with Gasteiger partial charge in [-0.05, 0) is 89.9 Å². The van der Waals surface area contributed by atoms with Crippen LogP contribution in [0.3, 0.4) is 0 Å². The van der Waals surface area contributed by atoms with Crippen molar-refractivity contribution in [2.45, 2.75) is 303 Å². The standard InChI is InChI=1S/C64H112O6/c1-4-7-10-13-16-19-21-23-25-27-29-31-32-34-35-37-39-41-43-45-48-51-54-57-63(66)69-60-61(59-68-62(65)56-53-50-47-18-15-12-9-6-3)70-64(67)58-55-52-49-46-44-42-40-38-36-33-30-28-26-24-22-20-17-14-11-8-5-2/h8,11,17,20,24,26-27,29-30,33,38,40,61H,4-7,9-10,12-16,18-19,21-23,25,28,31-32,34-37,39,41-60H2,1-3H3/b11-8-,20-17-,26-24-,29-27-,33-30-,40-38-. The maximum absolute atomic E-state index is 12.8. The van der Waals surface area contributed by atoms with Crippen molar-refractivity contribution in [3.05, 3.63) is 72.9 Å². The molecule has 0 saturated carbocycles. The number of rotatable bonds is 54. The topological polar surface area (TPSA) is 78.9 Å². The van der Waals surface area contributed by atoms with E-state index < -0.39 is 6.10 Å². The van der Waals surface area contributed by atoms with Crippen LogP contribution >= 0.6 is 0 Å². The molecule has 0 fully saturated rings. The number of ether oxygens (including phenoxy) is 3. The zero-order chi connectivity index (χ0) is 50.7. The number of allylic oxidation sites excluding steroid dienone is 12. The van der Waals surface area contributed by atoms with Crippen molar-refractivity contribution in [2.75, 3.05) is 13.2 Å². The van der Waals surface area contributed by atoms with Gasteiger partial charge in [-0.15, -0.1) is 0 Å². The Morgan fingerprint density at radius 2 is 0.557 bits per heavy atom. The second-order valence-electron chi connectivity index (χ2n) is 19.9. The molecule has 6 nitrogen and oxygen atoms in total. The Kier molecular flexibility index (Phi) is 55.8. The van der Waals surface area contributed by atoms with E-state index in [-0.39, 0.29) is 31.1 Å². The van der Waals surface area contributed by atoms with E-state index in [1.807, 2.05) is 0 Å². The molecular weight excluding hydrogens is 865 g/mol. The molecule has 404 valence electrons. The van der Waals surface area contributed by atoms with Crippen LogP contribution in [-0.4, -0.2) is 37.2 Å². The summed E-state index contributed by atoms with van der Waals surface area (Å²) in [6, 6.07) is 0. The van der Waals surface area contributed by atoms with Crippen molar-refractivity contribution in [3.63, 3.8) is 0 Å². The van der Waals surface area contributed by atoms with Gasteiger partial charge in [0.1, 0.15) is 13.2 Å². The van der Waals surface area contributed by atoms with Crippen molar-refractivity contribution in [3.8, 4) is 0 Å². The average Bonchev–Trinajstić information content (AvgIpc) is 3.36. The average molecular weight is 978 g/mol. The van der Waals surface area contributed by atoms with Gasteiger partial charge in [-0.3, -0.25) is 14.4 Å². The number of hydrogen-bond acceptors (Lipinski definition) is 6. The Morgan fingerprint density at radius 3 is 0.886 bits per heavy atom. The Morgan fingerprint density at radius 1 is 0.300 bits per heavy atom. The van der Waals surface area contributed by atoms with Gasteiger partial charge in [-0.2, -0.15) is 0 Å². The third kappa shape index (κ3) is 55.8. The molecule has 0 aliphatic rings. The molecule has 1 atom stereocenters. The predicted octanol–water partition coefficient (Wildman–Crippen LogP) is 20.2. The van der Waals surface area contributed by atoms with Crippen LogP contribution in [0.2, 0.25) is 0 Å². The molecule has 0 saturated heterocycles. The summed E-state index contributed by atoms with van der Waals surface area (Å²) in [5.41, 5.74) is 0. The zero-order valence-corrected chi connectivity index (χ0v) is 46.3. The fourth-order valence-electron chi connectivity index (χ4n) is 8.47. The molecule has 0 aliphatic carbocycles. The van der Waals surface area contributed by atoms with Crippen LogP contribution in [0, 0.1) is 0 Å². The minimum absolute atomic E-state index is 0.0819. The van der Waals surface area contributed by atoms with E-state index in [0.29, 0.717) is 19.3 Å². The van der Waals surface area contributed by atoms with Gasteiger partial charge in [0.2, 0.25) is 0 Å². The van der Waals surface area contributed by atoms with Gasteiger partial charge < -0.3 is 14.2 Å². The molecule has 0 aromatic heterocycles. The molecule has 0 heterocycles. The summed E-state index contributed by atoms with van der Waals surface area (Å²) >= 11 is 0. The molecule has 6 heteroatoms. The van der Waals surface area contributed by atoms with Crippen LogP contribution in [0.25, 0.3) is 0 Å². The fourth-order valence-corrected chi connectivity index (χ4v) is 8.47. The van der Waals surface area contributed by atoms with Crippen LogP contribution in [-0.2, 0) is 28.6 Å². The summed E-state index contributed by atoms with van der Waals surface area (Å²) in [6.45, 7) is 6.50.